The molecule has 2 aromatic carbocycles. The molecular weight excluding hydrogens is 345 g/mol. The minimum absolute atomic E-state index is 0.150. The minimum Gasteiger partial charge on any atom is -0.496 e. The van der Waals surface area contributed by atoms with Crippen LogP contribution < -0.4 is 4.74 Å². The third-order valence-corrected chi connectivity index (χ3v) is 4.52. The van der Waals surface area contributed by atoms with Crippen LogP contribution in [0.4, 0.5) is 4.39 Å². The van der Waals surface area contributed by atoms with Crippen molar-refractivity contribution in [2.75, 3.05) is 20.7 Å². The van der Waals surface area contributed by atoms with Crippen LogP contribution >= 0.6 is 0 Å². The lowest BCUT2D eigenvalue weighted by atomic mass is 10.1. The summed E-state index contributed by atoms with van der Waals surface area (Å²) in [5.41, 5.74) is 3.36. The SMILES string of the molecule is COc1ccccc1CCN(C)C(=O)c1cc(-c2ccc(F)c(C)c2)n[nH]1. The molecule has 1 N–H and O–H groups in total. The van der Waals surface area contributed by atoms with Crippen molar-refractivity contribution in [3.63, 3.8) is 0 Å². The predicted octanol–water partition coefficient (Wildman–Crippen LogP) is 3.85. The maximum atomic E-state index is 13.4. The molecule has 27 heavy (non-hydrogen) atoms. The highest BCUT2D eigenvalue weighted by molar-refractivity contribution is 5.93. The number of nitrogens with zero attached hydrogens (tertiary/aromatic N) is 2. The van der Waals surface area contributed by atoms with Crippen LogP contribution in [0.2, 0.25) is 0 Å². The fraction of sp³-hybridized carbons (Fsp3) is 0.238. The quantitative estimate of drug-likeness (QED) is 0.720. The normalized spacial score (nSPS) is 10.7. The van der Waals surface area contributed by atoms with Crippen LogP contribution in [0.3, 0.4) is 0 Å². The number of carbonyl (C=O) groups is 1. The molecular formula is C21H22FN3O2. The molecule has 3 rings (SSSR count). The third-order valence-electron chi connectivity index (χ3n) is 4.52. The summed E-state index contributed by atoms with van der Waals surface area (Å²) in [6, 6.07) is 14.2. The fourth-order valence-corrected chi connectivity index (χ4v) is 2.89. The average molecular weight is 367 g/mol. The molecule has 0 atom stereocenters. The Morgan fingerprint density at radius 1 is 1.22 bits per heavy atom. The number of amides is 1. The van der Waals surface area contributed by atoms with Crippen LogP contribution in [0.25, 0.3) is 11.3 Å². The molecule has 0 aliphatic carbocycles. The van der Waals surface area contributed by atoms with Gasteiger partial charge in [0.2, 0.25) is 0 Å². The zero-order chi connectivity index (χ0) is 19.4. The van der Waals surface area contributed by atoms with Crippen LogP contribution in [0, 0.1) is 12.7 Å². The first kappa shape index (κ1) is 18.6. The monoisotopic (exact) mass is 367 g/mol. The standard InChI is InChI=1S/C21H22FN3O2/c1-14-12-16(8-9-17(14)22)18-13-19(24-23-18)21(26)25(2)11-10-15-6-4-5-7-20(15)27-3/h4-9,12-13H,10-11H2,1-3H3,(H,23,24). The van der Waals surface area contributed by atoms with Gasteiger partial charge < -0.3 is 9.64 Å². The summed E-state index contributed by atoms with van der Waals surface area (Å²) >= 11 is 0. The number of halogens is 1. The number of aromatic amines is 1. The van der Waals surface area contributed by atoms with Crippen LogP contribution in [-0.4, -0.2) is 41.7 Å². The van der Waals surface area contributed by atoms with E-state index in [4.69, 9.17) is 4.74 Å². The number of H-pyrrole nitrogens is 1. The number of aryl methyl sites for hydroxylation is 1. The minimum atomic E-state index is -0.262. The summed E-state index contributed by atoms with van der Waals surface area (Å²) in [6.07, 6.45) is 0.685. The molecule has 5 nitrogen and oxygen atoms in total. The van der Waals surface area contributed by atoms with E-state index in [1.807, 2.05) is 24.3 Å². The van der Waals surface area contributed by atoms with Crippen molar-refractivity contribution in [2.24, 2.45) is 0 Å². The van der Waals surface area contributed by atoms with Gasteiger partial charge in [-0.2, -0.15) is 5.10 Å². The van der Waals surface area contributed by atoms with Crippen molar-refractivity contribution in [1.29, 1.82) is 0 Å². The second-order valence-electron chi connectivity index (χ2n) is 6.42. The number of nitrogens with one attached hydrogen (secondary N) is 1. The molecule has 6 heteroatoms. The number of aromatic nitrogens is 2. The van der Waals surface area contributed by atoms with Crippen molar-refractivity contribution >= 4 is 5.91 Å². The first-order valence-electron chi connectivity index (χ1n) is 8.69. The van der Waals surface area contributed by atoms with Crippen LogP contribution in [0.5, 0.6) is 5.75 Å². The highest BCUT2D eigenvalue weighted by atomic mass is 19.1. The average Bonchev–Trinajstić information content (AvgIpc) is 3.18. The first-order valence-corrected chi connectivity index (χ1v) is 8.69. The van der Waals surface area contributed by atoms with Gasteiger partial charge in [-0.1, -0.05) is 18.2 Å². The molecule has 0 bridgehead atoms. The Balaban J connectivity index is 1.68. The van der Waals surface area contributed by atoms with E-state index in [-0.39, 0.29) is 11.7 Å². The molecule has 0 spiro atoms. The maximum absolute atomic E-state index is 13.4. The second-order valence-corrected chi connectivity index (χ2v) is 6.42. The number of hydrogen-bond donors (Lipinski definition) is 1. The number of methoxy groups -OCH3 is 1. The van der Waals surface area contributed by atoms with E-state index in [9.17, 15) is 9.18 Å². The van der Waals surface area contributed by atoms with Gasteiger partial charge in [0.1, 0.15) is 17.3 Å². The zero-order valence-electron chi connectivity index (χ0n) is 15.6. The molecule has 1 amide bonds. The molecule has 140 valence electrons. The van der Waals surface area contributed by atoms with E-state index >= 15 is 0 Å². The maximum Gasteiger partial charge on any atom is 0.271 e. The van der Waals surface area contributed by atoms with Gasteiger partial charge in [0.25, 0.3) is 5.91 Å². The van der Waals surface area contributed by atoms with E-state index < -0.39 is 0 Å². The Labute approximate surface area is 157 Å². The lowest BCUT2D eigenvalue weighted by molar-refractivity contribution is 0.0790. The number of ether oxygens (including phenoxy) is 1. The molecule has 0 unspecified atom stereocenters. The Morgan fingerprint density at radius 2 is 2.00 bits per heavy atom. The van der Waals surface area contributed by atoms with Crippen molar-refractivity contribution in [2.45, 2.75) is 13.3 Å². The number of para-hydroxylation sites is 1. The summed E-state index contributed by atoms with van der Waals surface area (Å²) in [5, 5.41) is 6.97. The topological polar surface area (TPSA) is 58.2 Å². The molecule has 1 heterocycles. The van der Waals surface area contributed by atoms with Gasteiger partial charge in [-0.15, -0.1) is 0 Å². The largest absolute Gasteiger partial charge is 0.496 e. The van der Waals surface area contributed by atoms with E-state index in [1.54, 1.807) is 44.2 Å². The predicted molar refractivity (Wildman–Crippen MR) is 102 cm³/mol. The molecule has 0 saturated heterocycles. The van der Waals surface area contributed by atoms with Crippen molar-refractivity contribution in [3.8, 4) is 17.0 Å². The van der Waals surface area contributed by atoms with Gasteiger partial charge >= 0.3 is 0 Å². The summed E-state index contributed by atoms with van der Waals surface area (Å²) < 4.78 is 18.8. The molecule has 1 aromatic heterocycles. The fourth-order valence-electron chi connectivity index (χ4n) is 2.89. The van der Waals surface area contributed by atoms with Crippen LogP contribution in [0.1, 0.15) is 21.6 Å². The van der Waals surface area contributed by atoms with Crippen LogP contribution in [-0.2, 0) is 6.42 Å². The van der Waals surface area contributed by atoms with Crippen molar-refractivity contribution < 1.29 is 13.9 Å². The molecule has 0 saturated carbocycles. The molecule has 3 aromatic rings. The van der Waals surface area contributed by atoms with Gasteiger partial charge in [-0.05, 0) is 54.8 Å². The van der Waals surface area contributed by atoms with Gasteiger partial charge in [0.15, 0.2) is 0 Å². The lowest BCUT2D eigenvalue weighted by Crippen LogP contribution is -2.29. The Kier molecular flexibility index (Phi) is 5.54. The zero-order valence-corrected chi connectivity index (χ0v) is 15.6. The molecule has 0 aliphatic rings. The first-order chi connectivity index (χ1) is 13.0. The highest BCUT2D eigenvalue weighted by Gasteiger charge is 2.16. The second kappa shape index (κ2) is 8.03. The molecule has 0 fully saturated rings. The number of benzene rings is 2. The Bertz CT molecular complexity index is 952. The van der Waals surface area contributed by atoms with E-state index in [0.29, 0.717) is 29.9 Å². The van der Waals surface area contributed by atoms with Crippen molar-refractivity contribution in [1.82, 2.24) is 15.1 Å². The van der Waals surface area contributed by atoms with Crippen LogP contribution in [0.15, 0.2) is 48.5 Å². The Morgan fingerprint density at radius 3 is 2.74 bits per heavy atom. The summed E-state index contributed by atoms with van der Waals surface area (Å²) in [4.78, 5) is 14.3. The molecule has 0 radical (unpaired) electrons. The summed E-state index contributed by atoms with van der Waals surface area (Å²) in [5.74, 6) is 0.401. The van der Waals surface area contributed by atoms with E-state index in [2.05, 4.69) is 10.2 Å². The number of rotatable bonds is 6. The van der Waals surface area contributed by atoms with Gasteiger partial charge in [0.05, 0.1) is 12.8 Å². The van der Waals surface area contributed by atoms with E-state index in [1.165, 1.54) is 6.07 Å². The highest BCUT2D eigenvalue weighted by Crippen LogP contribution is 2.21. The molecule has 0 aliphatic heterocycles. The smallest absolute Gasteiger partial charge is 0.271 e. The number of likely N-dealkylation sites (N-methyl/N-ethyl adjacent to an activating group) is 1. The van der Waals surface area contributed by atoms with Gasteiger partial charge in [-0.25, -0.2) is 4.39 Å². The van der Waals surface area contributed by atoms with Crippen molar-refractivity contribution in [3.05, 3.63) is 71.2 Å². The van der Waals surface area contributed by atoms with Gasteiger partial charge in [0, 0.05) is 19.2 Å². The summed E-state index contributed by atoms with van der Waals surface area (Å²) in [6.45, 7) is 2.24. The van der Waals surface area contributed by atoms with E-state index in [0.717, 1.165) is 16.9 Å². The number of carbonyl (C=O) groups excluding carboxylic acids is 1. The lowest BCUT2D eigenvalue weighted by Gasteiger charge is -2.17. The Hall–Kier alpha value is -3.15. The third kappa shape index (κ3) is 4.16. The number of hydrogen-bond acceptors (Lipinski definition) is 3. The summed E-state index contributed by atoms with van der Waals surface area (Å²) in [7, 11) is 3.39. The van der Waals surface area contributed by atoms with Gasteiger partial charge in [-0.3, -0.25) is 9.89 Å².